The lowest BCUT2D eigenvalue weighted by Gasteiger charge is -2.42. The first-order valence-corrected chi connectivity index (χ1v) is 22.3. The van der Waals surface area contributed by atoms with Crippen LogP contribution in [0.3, 0.4) is 0 Å². The minimum absolute atomic E-state index is 0.149. The van der Waals surface area contributed by atoms with Crippen LogP contribution in [0, 0.1) is 0 Å². The van der Waals surface area contributed by atoms with Gasteiger partial charge in [-0.2, -0.15) is 0 Å². The summed E-state index contributed by atoms with van der Waals surface area (Å²) in [6.07, 6.45) is 2.42. The Kier molecular flexibility index (Phi) is 8.04. The van der Waals surface area contributed by atoms with Gasteiger partial charge in [0.2, 0.25) is 0 Å². The molecule has 3 aliphatic rings. The molecule has 1 spiro atoms. The van der Waals surface area contributed by atoms with Gasteiger partial charge in [-0.3, -0.25) is 0 Å². The quantitative estimate of drug-likeness (QED) is 0.168. The van der Waals surface area contributed by atoms with E-state index in [2.05, 4.69) is 233 Å². The summed E-state index contributed by atoms with van der Waals surface area (Å²) in [6, 6.07) is 75.6. The van der Waals surface area contributed by atoms with Crippen molar-refractivity contribution in [1.29, 1.82) is 0 Å². The first kappa shape index (κ1) is 36.9. The van der Waals surface area contributed by atoms with Gasteiger partial charge < -0.3 is 4.90 Å². The summed E-state index contributed by atoms with van der Waals surface area (Å²) < 4.78 is 0. The molecule has 62 heavy (non-hydrogen) atoms. The van der Waals surface area contributed by atoms with Crippen molar-refractivity contribution in [3.8, 4) is 44.5 Å². The summed E-state index contributed by atoms with van der Waals surface area (Å²) in [5.74, 6) is 0. The lowest BCUT2D eigenvalue weighted by atomic mass is 9.63. The zero-order valence-corrected chi connectivity index (χ0v) is 35.9. The fourth-order valence-electron chi connectivity index (χ4n) is 11.5. The van der Waals surface area contributed by atoms with Crippen LogP contribution >= 0.6 is 0 Å². The number of hydrogen-bond acceptors (Lipinski definition) is 1. The van der Waals surface area contributed by atoms with Crippen LogP contribution in [0.1, 0.15) is 73.9 Å². The van der Waals surface area contributed by atoms with E-state index < -0.39 is 5.41 Å². The molecule has 0 saturated heterocycles. The van der Waals surface area contributed by atoms with Crippen LogP contribution in [0.5, 0.6) is 0 Å². The average molecular weight is 796 g/mol. The van der Waals surface area contributed by atoms with E-state index >= 15 is 0 Å². The third kappa shape index (κ3) is 5.27. The van der Waals surface area contributed by atoms with Crippen LogP contribution in [-0.2, 0) is 16.2 Å². The molecule has 0 heterocycles. The molecule has 298 valence electrons. The van der Waals surface area contributed by atoms with Gasteiger partial charge in [-0.15, -0.1) is 0 Å². The molecule has 0 N–H and O–H groups in total. The maximum absolute atomic E-state index is 2.56. The smallest absolute Gasteiger partial charge is 0.0726 e. The van der Waals surface area contributed by atoms with Gasteiger partial charge in [0.1, 0.15) is 0 Å². The molecule has 0 fully saturated rings. The maximum Gasteiger partial charge on any atom is 0.0726 e. The number of hydrogen-bond donors (Lipinski definition) is 0. The third-order valence-electron chi connectivity index (χ3n) is 14.8. The van der Waals surface area contributed by atoms with E-state index in [0.29, 0.717) is 0 Å². The topological polar surface area (TPSA) is 3.24 Å². The highest BCUT2D eigenvalue weighted by Gasteiger charge is 2.52. The standard InChI is InChI=1S/C61H49N/c1-59(2)35-36-60(3,4)56-37-43(33-34-54(56)59)40-29-31-42(32-30-40)49-38-50-48-24-12-15-27-53(48)61(51-25-13-10-22-46(51)47-23-11-14-26-52(47)61)55(50)39-58(49)62(44-19-6-5-7-20-44)57-28-16-18-41-17-8-9-21-45(41)57/h5-34,37-39H,35-36H2,1-4H3. The summed E-state index contributed by atoms with van der Waals surface area (Å²) >= 11 is 0. The van der Waals surface area contributed by atoms with Gasteiger partial charge in [0, 0.05) is 16.6 Å². The van der Waals surface area contributed by atoms with E-state index in [4.69, 9.17) is 0 Å². The van der Waals surface area contributed by atoms with Gasteiger partial charge in [0.15, 0.2) is 0 Å². The van der Waals surface area contributed by atoms with Crippen LogP contribution in [0.15, 0.2) is 200 Å². The second kappa shape index (κ2) is 13.5. The fraction of sp³-hybridized carbons (Fsp3) is 0.148. The summed E-state index contributed by atoms with van der Waals surface area (Å²) in [5, 5.41) is 2.44. The molecule has 0 atom stereocenters. The SMILES string of the molecule is CC1(C)CCC(C)(C)c2cc(-c3ccc(-c4cc5c(cc4N(c4ccccc4)c4cccc6ccccc46)C4(c6ccccc6-c6ccccc64)c4ccccc4-5)cc3)ccc21. The zero-order chi connectivity index (χ0) is 41.8. The molecule has 3 aliphatic carbocycles. The molecule has 0 amide bonds. The molecule has 12 rings (SSSR count). The average Bonchev–Trinajstić information content (AvgIpc) is 3.78. The molecular formula is C61H49N. The molecule has 0 saturated carbocycles. The molecule has 0 radical (unpaired) electrons. The van der Waals surface area contributed by atoms with Gasteiger partial charge in [0.05, 0.1) is 16.8 Å². The first-order valence-electron chi connectivity index (χ1n) is 22.3. The largest absolute Gasteiger partial charge is 0.309 e. The minimum atomic E-state index is -0.466. The van der Waals surface area contributed by atoms with E-state index in [1.807, 2.05) is 0 Å². The number of fused-ring (bicyclic) bond motifs is 12. The Hall–Kier alpha value is -6.96. The lowest BCUT2D eigenvalue weighted by Crippen LogP contribution is -2.33. The predicted molar refractivity (Wildman–Crippen MR) is 261 cm³/mol. The number of nitrogens with zero attached hydrogens (tertiary/aromatic N) is 1. The predicted octanol–water partition coefficient (Wildman–Crippen LogP) is 16.3. The molecule has 0 unspecified atom stereocenters. The molecule has 9 aromatic carbocycles. The Balaban J connectivity index is 1.13. The van der Waals surface area contributed by atoms with Crippen molar-refractivity contribution in [2.45, 2.75) is 56.8 Å². The summed E-state index contributed by atoms with van der Waals surface area (Å²) in [6.45, 7) is 9.65. The van der Waals surface area contributed by atoms with Gasteiger partial charge in [-0.1, -0.05) is 198 Å². The normalized spacial score (nSPS) is 15.7. The monoisotopic (exact) mass is 795 g/mol. The molecule has 9 aromatic rings. The highest BCUT2D eigenvalue weighted by atomic mass is 15.1. The van der Waals surface area contributed by atoms with Crippen LogP contribution < -0.4 is 4.90 Å². The van der Waals surface area contributed by atoms with Crippen LogP contribution in [-0.4, -0.2) is 0 Å². The minimum Gasteiger partial charge on any atom is -0.309 e. The highest BCUT2D eigenvalue weighted by Crippen LogP contribution is 2.64. The Morgan fingerprint density at radius 3 is 1.55 bits per heavy atom. The van der Waals surface area contributed by atoms with E-state index in [0.717, 1.165) is 17.1 Å². The summed E-state index contributed by atoms with van der Waals surface area (Å²) in [4.78, 5) is 2.52. The van der Waals surface area contributed by atoms with Crippen LogP contribution in [0.2, 0.25) is 0 Å². The van der Waals surface area contributed by atoms with Gasteiger partial charge >= 0.3 is 0 Å². The van der Waals surface area contributed by atoms with Crippen molar-refractivity contribution in [3.05, 3.63) is 234 Å². The second-order valence-corrected chi connectivity index (χ2v) is 19.1. The van der Waals surface area contributed by atoms with Crippen molar-refractivity contribution in [2.24, 2.45) is 0 Å². The van der Waals surface area contributed by atoms with Crippen molar-refractivity contribution < 1.29 is 0 Å². The van der Waals surface area contributed by atoms with Crippen molar-refractivity contribution in [2.75, 3.05) is 4.90 Å². The maximum atomic E-state index is 2.56. The Bertz CT molecular complexity index is 3190. The van der Waals surface area contributed by atoms with Gasteiger partial charge in [0.25, 0.3) is 0 Å². The fourth-order valence-corrected chi connectivity index (χ4v) is 11.5. The molecule has 1 nitrogen and oxygen atoms in total. The van der Waals surface area contributed by atoms with Crippen molar-refractivity contribution >= 4 is 27.8 Å². The molecule has 0 aromatic heterocycles. The number of rotatable bonds is 5. The summed E-state index contributed by atoms with van der Waals surface area (Å²) in [7, 11) is 0. The molecule has 0 aliphatic heterocycles. The lowest BCUT2D eigenvalue weighted by molar-refractivity contribution is 0.332. The highest BCUT2D eigenvalue weighted by molar-refractivity contribution is 6.04. The Morgan fingerprint density at radius 2 is 0.871 bits per heavy atom. The van der Waals surface area contributed by atoms with E-state index in [1.54, 1.807) is 0 Å². The number of anilines is 3. The third-order valence-corrected chi connectivity index (χ3v) is 14.8. The van der Waals surface area contributed by atoms with Gasteiger partial charge in [-0.25, -0.2) is 0 Å². The summed E-state index contributed by atoms with van der Waals surface area (Å²) in [5.41, 5.74) is 21.8. The van der Waals surface area contributed by atoms with E-state index in [-0.39, 0.29) is 10.8 Å². The van der Waals surface area contributed by atoms with Crippen molar-refractivity contribution in [1.82, 2.24) is 0 Å². The van der Waals surface area contributed by atoms with Crippen LogP contribution in [0.4, 0.5) is 17.1 Å². The Morgan fingerprint density at radius 1 is 0.339 bits per heavy atom. The van der Waals surface area contributed by atoms with E-state index in [9.17, 15) is 0 Å². The van der Waals surface area contributed by atoms with Crippen molar-refractivity contribution in [3.63, 3.8) is 0 Å². The van der Waals surface area contributed by atoms with Gasteiger partial charge in [-0.05, 0) is 132 Å². The zero-order valence-electron chi connectivity index (χ0n) is 35.9. The number of benzene rings is 9. The Labute approximate surface area is 366 Å². The molecular weight excluding hydrogens is 747 g/mol. The molecule has 0 bridgehead atoms. The first-order chi connectivity index (χ1) is 30.2. The number of para-hydroxylation sites is 1. The molecule has 1 heteroatoms. The van der Waals surface area contributed by atoms with E-state index in [1.165, 1.54) is 102 Å². The second-order valence-electron chi connectivity index (χ2n) is 19.1. The van der Waals surface area contributed by atoms with Crippen LogP contribution in [0.25, 0.3) is 55.3 Å².